The topological polar surface area (TPSA) is 38.5 Å². The Bertz CT molecular complexity index is 299. The Morgan fingerprint density at radius 1 is 1.44 bits per heavy atom. The monoisotopic (exact) mass is 222 g/mol. The second-order valence-electron chi connectivity index (χ2n) is 3.55. The first kappa shape index (κ1) is 14.5. The summed E-state index contributed by atoms with van der Waals surface area (Å²) in [5, 5.41) is 1.55. The summed E-state index contributed by atoms with van der Waals surface area (Å²) in [5.41, 5.74) is 1.21. The summed E-state index contributed by atoms with van der Waals surface area (Å²) < 4.78 is 5.14. The van der Waals surface area contributed by atoms with Crippen molar-refractivity contribution in [1.29, 1.82) is 0 Å². The molecule has 0 fully saturated rings. The van der Waals surface area contributed by atoms with Gasteiger partial charge in [0.2, 0.25) is 0 Å². The molecule has 16 heavy (non-hydrogen) atoms. The minimum atomic E-state index is 0.844. The second-order valence-corrected chi connectivity index (χ2v) is 3.55. The number of hydrogen-bond donors (Lipinski definition) is 1. The molecule has 0 aliphatic rings. The summed E-state index contributed by atoms with van der Waals surface area (Å²) in [5.74, 6) is 6.34. The molecular formula is C13H22N2O. The summed E-state index contributed by atoms with van der Waals surface area (Å²) >= 11 is 0. The fourth-order valence-corrected chi connectivity index (χ4v) is 1.17. The number of methoxy groups -OCH3 is 1. The van der Waals surface area contributed by atoms with Crippen LogP contribution in [0.1, 0.15) is 20.3 Å². The van der Waals surface area contributed by atoms with Crippen molar-refractivity contribution in [2.24, 2.45) is 5.84 Å². The van der Waals surface area contributed by atoms with Crippen molar-refractivity contribution in [2.45, 2.75) is 20.3 Å². The molecule has 2 N–H and O–H groups in total. The van der Waals surface area contributed by atoms with Gasteiger partial charge in [0.25, 0.3) is 0 Å². The number of nitrogens with two attached hydrogens (primary N) is 1. The zero-order valence-corrected chi connectivity index (χ0v) is 10.6. The number of nitrogens with zero attached hydrogens (tertiary/aromatic N) is 1. The Balaban J connectivity index is 4.20. The zero-order valence-electron chi connectivity index (χ0n) is 10.6. The average molecular weight is 222 g/mol. The van der Waals surface area contributed by atoms with E-state index in [-0.39, 0.29) is 0 Å². The van der Waals surface area contributed by atoms with Crippen LogP contribution in [0, 0.1) is 0 Å². The van der Waals surface area contributed by atoms with E-state index in [2.05, 4.69) is 6.08 Å². The maximum atomic E-state index is 5.50. The molecule has 0 saturated heterocycles. The van der Waals surface area contributed by atoms with E-state index in [9.17, 15) is 0 Å². The van der Waals surface area contributed by atoms with Gasteiger partial charge in [-0.25, -0.2) is 5.84 Å². The van der Waals surface area contributed by atoms with E-state index in [1.807, 2.05) is 51.4 Å². The molecule has 3 heteroatoms. The van der Waals surface area contributed by atoms with E-state index in [1.54, 1.807) is 12.1 Å². The Labute approximate surface area is 98.5 Å². The van der Waals surface area contributed by atoms with Crippen molar-refractivity contribution < 1.29 is 4.74 Å². The van der Waals surface area contributed by atoms with Crippen LogP contribution in [0.5, 0.6) is 0 Å². The van der Waals surface area contributed by atoms with Crippen LogP contribution in [0.3, 0.4) is 0 Å². The fraction of sp³-hybridized carbons (Fsp3) is 0.385. The molecule has 0 aromatic rings. The third-order valence-electron chi connectivity index (χ3n) is 1.83. The molecule has 0 aliphatic heterocycles. The van der Waals surface area contributed by atoms with Gasteiger partial charge in [0.1, 0.15) is 5.76 Å². The van der Waals surface area contributed by atoms with Gasteiger partial charge in [0.15, 0.2) is 0 Å². The molecule has 0 aliphatic carbocycles. The molecule has 0 unspecified atom stereocenters. The summed E-state index contributed by atoms with van der Waals surface area (Å²) in [4.78, 5) is 0. The minimum absolute atomic E-state index is 0.844. The van der Waals surface area contributed by atoms with E-state index in [0.29, 0.717) is 0 Å². The van der Waals surface area contributed by atoms with Gasteiger partial charge in [-0.05, 0) is 32.4 Å². The van der Waals surface area contributed by atoms with E-state index in [4.69, 9.17) is 10.6 Å². The summed E-state index contributed by atoms with van der Waals surface area (Å²) in [6.07, 6.45) is 12.6. The van der Waals surface area contributed by atoms with Gasteiger partial charge < -0.3 is 9.75 Å². The third-order valence-corrected chi connectivity index (χ3v) is 1.83. The minimum Gasteiger partial charge on any atom is -0.497 e. The molecule has 0 spiro atoms. The Hall–Kier alpha value is -1.48. The van der Waals surface area contributed by atoms with Gasteiger partial charge >= 0.3 is 0 Å². The number of rotatable bonds is 6. The normalized spacial score (nSPS) is 13.8. The first-order chi connectivity index (χ1) is 7.60. The van der Waals surface area contributed by atoms with Crippen LogP contribution in [0.2, 0.25) is 0 Å². The molecule has 0 heterocycles. The highest BCUT2D eigenvalue weighted by molar-refractivity contribution is 5.19. The van der Waals surface area contributed by atoms with Crippen molar-refractivity contribution in [3.05, 3.63) is 47.9 Å². The van der Waals surface area contributed by atoms with Crippen LogP contribution in [0.15, 0.2) is 47.9 Å². The molecule has 0 aromatic heterocycles. The van der Waals surface area contributed by atoms with Crippen molar-refractivity contribution >= 4 is 0 Å². The molecule has 0 saturated carbocycles. The van der Waals surface area contributed by atoms with Crippen molar-refractivity contribution in [2.75, 3.05) is 14.2 Å². The van der Waals surface area contributed by atoms with E-state index in [0.717, 1.165) is 12.2 Å². The highest BCUT2D eigenvalue weighted by Gasteiger charge is 1.87. The SMILES string of the molecule is C\C=C/C(=C\C=C\C/C(C)=C\N(C)N)OC. The fourth-order valence-electron chi connectivity index (χ4n) is 1.17. The van der Waals surface area contributed by atoms with Gasteiger partial charge in [-0.3, -0.25) is 0 Å². The Kier molecular flexibility index (Phi) is 7.98. The lowest BCUT2D eigenvalue weighted by Crippen LogP contribution is -2.18. The highest BCUT2D eigenvalue weighted by atomic mass is 16.5. The van der Waals surface area contributed by atoms with Crippen LogP contribution < -0.4 is 5.84 Å². The van der Waals surface area contributed by atoms with Crippen molar-refractivity contribution in [3.63, 3.8) is 0 Å². The largest absolute Gasteiger partial charge is 0.497 e. The number of ether oxygens (including phenoxy) is 1. The van der Waals surface area contributed by atoms with Gasteiger partial charge in [-0.2, -0.15) is 0 Å². The van der Waals surface area contributed by atoms with E-state index < -0.39 is 0 Å². The predicted molar refractivity (Wildman–Crippen MR) is 69.4 cm³/mol. The second kappa shape index (κ2) is 8.80. The molecule has 0 amide bonds. The lowest BCUT2D eigenvalue weighted by Gasteiger charge is -2.05. The quantitative estimate of drug-likeness (QED) is 0.325. The van der Waals surface area contributed by atoms with Gasteiger partial charge in [0.05, 0.1) is 7.11 Å². The standard InChI is InChI=1S/C13H22N2O/c1-5-8-13(16-4)10-7-6-9-12(2)11-15(3)14/h5-8,10-11H,9,14H2,1-4H3/b7-6+,8-5-,12-11-,13-10+. The Morgan fingerprint density at radius 2 is 2.12 bits per heavy atom. The van der Waals surface area contributed by atoms with Crippen LogP contribution in [0.25, 0.3) is 0 Å². The molecule has 0 bridgehead atoms. The van der Waals surface area contributed by atoms with Crippen LogP contribution in [0.4, 0.5) is 0 Å². The van der Waals surface area contributed by atoms with Crippen LogP contribution in [-0.2, 0) is 4.74 Å². The maximum absolute atomic E-state index is 5.50. The molecule has 3 nitrogen and oxygen atoms in total. The molecular weight excluding hydrogens is 200 g/mol. The summed E-state index contributed by atoms with van der Waals surface area (Å²) in [7, 11) is 3.47. The highest BCUT2D eigenvalue weighted by Crippen LogP contribution is 2.03. The Morgan fingerprint density at radius 3 is 2.62 bits per heavy atom. The van der Waals surface area contributed by atoms with E-state index >= 15 is 0 Å². The molecule has 0 atom stereocenters. The maximum Gasteiger partial charge on any atom is 0.118 e. The van der Waals surface area contributed by atoms with Gasteiger partial charge in [-0.1, -0.05) is 23.8 Å². The summed E-state index contributed by atoms with van der Waals surface area (Å²) in [6, 6.07) is 0. The molecule has 0 radical (unpaired) electrons. The zero-order chi connectivity index (χ0) is 12.4. The molecule has 0 aromatic carbocycles. The number of hydrazine groups is 1. The van der Waals surface area contributed by atoms with Crippen LogP contribution in [-0.4, -0.2) is 19.2 Å². The first-order valence-corrected chi connectivity index (χ1v) is 5.28. The van der Waals surface area contributed by atoms with Crippen molar-refractivity contribution in [3.8, 4) is 0 Å². The first-order valence-electron chi connectivity index (χ1n) is 5.28. The summed E-state index contributed by atoms with van der Waals surface area (Å²) in [6.45, 7) is 4.00. The smallest absolute Gasteiger partial charge is 0.118 e. The molecule has 90 valence electrons. The lowest BCUT2D eigenvalue weighted by molar-refractivity contribution is 0.307. The number of hydrogen-bond acceptors (Lipinski definition) is 3. The van der Waals surface area contributed by atoms with E-state index in [1.165, 1.54) is 5.57 Å². The van der Waals surface area contributed by atoms with Gasteiger partial charge in [-0.15, -0.1) is 0 Å². The average Bonchev–Trinajstić information content (AvgIpc) is 2.21. The predicted octanol–water partition coefficient (Wildman–Crippen LogP) is 2.75. The third kappa shape index (κ3) is 7.88. The van der Waals surface area contributed by atoms with Gasteiger partial charge in [0, 0.05) is 13.2 Å². The lowest BCUT2D eigenvalue weighted by atomic mass is 10.2. The van der Waals surface area contributed by atoms with Crippen LogP contribution >= 0.6 is 0 Å². The molecule has 0 rings (SSSR count). The van der Waals surface area contributed by atoms with Crippen molar-refractivity contribution in [1.82, 2.24) is 5.01 Å². The number of allylic oxidation sites excluding steroid dienone is 6.